The van der Waals surface area contributed by atoms with Gasteiger partial charge in [0.25, 0.3) is 5.91 Å². The van der Waals surface area contributed by atoms with Crippen LogP contribution in [0.15, 0.2) is 53.5 Å². The Balaban J connectivity index is 1.93. The van der Waals surface area contributed by atoms with Crippen LogP contribution < -0.4 is 15.4 Å². The highest BCUT2D eigenvalue weighted by molar-refractivity contribution is 5.94. The molecule has 0 saturated heterocycles. The number of benzene rings is 2. The Morgan fingerprint density at radius 2 is 1.74 bits per heavy atom. The normalized spacial score (nSPS) is 12.2. The molecule has 0 radical (unpaired) electrons. The van der Waals surface area contributed by atoms with Crippen LogP contribution in [-0.4, -0.2) is 49.0 Å². The van der Waals surface area contributed by atoms with Crippen LogP contribution in [0.2, 0.25) is 0 Å². The van der Waals surface area contributed by atoms with Crippen LogP contribution in [0.3, 0.4) is 0 Å². The molecule has 0 fully saturated rings. The van der Waals surface area contributed by atoms with Crippen LogP contribution in [0.5, 0.6) is 5.75 Å². The van der Waals surface area contributed by atoms with E-state index in [1.807, 2.05) is 52.0 Å². The molecule has 0 aliphatic rings. The maximum atomic E-state index is 13.7. The minimum absolute atomic E-state index is 0.0406. The van der Waals surface area contributed by atoms with Crippen molar-refractivity contribution in [1.82, 2.24) is 15.5 Å². The lowest BCUT2D eigenvalue weighted by atomic mass is 10.1. The van der Waals surface area contributed by atoms with Crippen LogP contribution in [0, 0.1) is 5.82 Å². The van der Waals surface area contributed by atoms with E-state index in [0.29, 0.717) is 44.2 Å². The first kappa shape index (κ1) is 24.2. The first-order valence-corrected chi connectivity index (χ1v) is 10.8. The molecule has 1 atom stereocenters. The highest BCUT2D eigenvalue weighted by Crippen LogP contribution is 2.16. The van der Waals surface area contributed by atoms with Gasteiger partial charge >= 0.3 is 0 Å². The molecule has 0 bridgehead atoms. The molecule has 6 nitrogen and oxygen atoms in total. The number of nitrogens with zero attached hydrogens (tertiary/aromatic N) is 2. The maximum absolute atomic E-state index is 13.7. The summed E-state index contributed by atoms with van der Waals surface area (Å²) < 4.78 is 19.4. The van der Waals surface area contributed by atoms with Gasteiger partial charge in [0.2, 0.25) is 0 Å². The van der Waals surface area contributed by atoms with Crippen molar-refractivity contribution in [2.75, 3.05) is 26.2 Å². The zero-order valence-electron chi connectivity index (χ0n) is 18.8. The summed E-state index contributed by atoms with van der Waals surface area (Å²) in [5.41, 5.74) is 1.68. The van der Waals surface area contributed by atoms with Gasteiger partial charge < -0.3 is 20.3 Å². The van der Waals surface area contributed by atoms with Crippen LogP contribution in [-0.2, 0) is 6.54 Å². The zero-order chi connectivity index (χ0) is 22.6. The van der Waals surface area contributed by atoms with Gasteiger partial charge in [0.05, 0.1) is 13.1 Å². The number of hydrogen-bond acceptors (Lipinski definition) is 3. The van der Waals surface area contributed by atoms with E-state index in [0.717, 1.165) is 5.56 Å². The lowest BCUT2D eigenvalue weighted by Gasteiger charge is -2.19. The summed E-state index contributed by atoms with van der Waals surface area (Å²) >= 11 is 0. The second kappa shape index (κ2) is 12.6. The lowest BCUT2D eigenvalue weighted by molar-refractivity contribution is 0.0773. The average molecular weight is 429 g/mol. The van der Waals surface area contributed by atoms with Crippen molar-refractivity contribution in [2.45, 2.75) is 40.3 Å². The molecule has 0 saturated carbocycles. The number of para-hydroxylation sites is 1. The van der Waals surface area contributed by atoms with Crippen molar-refractivity contribution in [2.24, 2.45) is 4.99 Å². The number of aliphatic imine (C=N–C) groups is 1. The molecule has 1 unspecified atom stereocenters. The fourth-order valence-electron chi connectivity index (χ4n) is 3.00. The van der Waals surface area contributed by atoms with Gasteiger partial charge in [-0.2, -0.15) is 0 Å². The van der Waals surface area contributed by atoms with Crippen molar-refractivity contribution < 1.29 is 13.9 Å². The van der Waals surface area contributed by atoms with Crippen LogP contribution in [0.1, 0.15) is 43.6 Å². The predicted molar refractivity (Wildman–Crippen MR) is 123 cm³/mol. The molecular formula is C24H33FN4O2. The Bertz CT molecular complexity index is 851. The molecule has 0 aliphatic heterocycles. The number of nitrogens with one attached hydrogen (secondary N) is 2. The number of amides is 1. The number of ether oxygens (including phenoxy) is 1. The molecule has 0 aromatic heterocycles. The zero-order valence-corrected chi connectivity index (χ0v) is 18.8. The third-order valence-corrected chi connectivity index (χ3v) is 4.74. The standard InChI is InChI=1S/C24H33FN4O2/c1-5-26-24(27-16-18(4)31-22-11-9-8-10-21(22)25)28-17-19-12-14-20(15-13-19)23(30)29(6-2)7-3/h8-15,18H,5-7,16-17H2,1-4H3,(H2,26,27,28). The van der Waals surface area contributed by atoms with E-state index in [1.165, 1.54) is 6.07 Å². The van der Waals surface area contributed by atoms with Gasteiger partial charge in [-0.1, -0.05) is 24.3 Å². The average Bonchev–Trinajstić information content (AvgIpc) is 2.78. The second-order valence-electron chi connectivity index (χ2n) is 7.11. The molecule has 1 amide bonds. The summed E-state index contributed by atoms with van der Waals surface area (Å²) in [7, 11) is 0. The summed E-state index contributed by atoms with van der Waals surface area (Å²) in [5.74, 6) is 0.546. The quantitative estimate of drug-likeness (QED) is 0.446. The molecule has 168 valence electrons. The number of hydrogen-bond donors (Lipinski definition) is 2. The molecule has 31 heavy (non-hydrogen) atoms. The van der Waals surface area contributed by atoms with E-state index >= 15 is 0 Å². The van der Waals surface area contributed by atoms with Crippen molar-refractivity contribution in [3.63, 3.8) is 0 Å². The van der Waals surface area contributed by atoms with Crippen LogP contribution >= 0.6 is 0 Å². The summed E-state index contributed by atoms with van der Waals surface area (Å²) in [5, 5.41) is 6.41. The molecule has 0 heterocycles. The number of guanidine groups is 1. The highest BCUT2D eigenvalue weighted by Gasteiger charge is 2.12. The third kappa shape index (κ3) is 7.59. The van der Waals surface area contributed by atoms with E-state index in [2.05, 4.69) is 15.6 Å². The maximum Gasteiger partial charge on any atom is 0.253 e. The van der Waals surface area contributed by atoms with E-state index in [9.17, 15) is 9.18 Å². The number of carbonyl (C=O) groups is 1. The minimum Gasteiger partial charge on any atom is -0.486 e. The molecule has 0 aliphatic carbocycles. The Hall–Kier alpha value is -3.09. The summed E-state index contributed by atoms with van der Waals surface area (Å²) in [4.78, 5) is 18.8. The Morgan fingerprint density at radius 1 is 1.06 bits per heavy atom. The van der Waals surface area contributed by atoms with E-state index < -0.39 is 0 Å². The molecular weight excluding hydrogens is 395 g/mol. The first-order chi connectivity index (χ1) is 15.0. The largest absolute Gasteiger partial charge is 0.486 e. The minimum atomic E-state index is -0.377. The SMILES string of the molecule is CCNC(=NCc1ccc(C(=O)N(CC)CC)cc1)NCC(C)Oc1ccccc1F. The van der Waals surface area contributed by atoms with Gasteiger partial charge in [-0.25, -0.2) is 9.38 Å². The molecule has 2 N–H and O–H groups in total. The number of carbonyl (C=O) groups excluding carboxylic acids is 1. The highest BCUT2D eigenvalue weighted by atomic mass is 19.1. The van der Waals surface area contributed by atoms with Crippen molar-refractivity contribution in [3.8, 4) is 5.75 Å². The van der Waals surface area contributed by atoms with Gasteiger partial charge in [0, 0.05) is 25.2 Å². The monoisotopic (exact) mass is 428 g/mol. The third-order valence-electron chi connectivity index (χ3n) is 4.74. The molecule has 7 heteroatoms. The predicted octanol–water partition coefficient (Wildman–Crippen LogP) is 3.83. The van der Waals surface area contributed by atoms with Gasteiger partial charge in [0.1, 0.15) is 6.10 Å². The van der Waals surface area contributed by atoms with Gasteiger partial charge in [-0.05, 0) is 57.5 Å². The number of halogens is 1. The first-order valence-electron chi connectivity index (χ1n) is 10.8. The van der Waals surface area contributed by atoms with Gasteiger partial charge in [0.15, 0.2) is 17.5 Å². The fraction of sp³-hybridized carbons (Fsp3) is 0.417. The topological polar surface area (TPSA) is 66.0 Å². The Kier molecular flexibility index (Phi) is 9.81. The lowest BCUT2D eigenvalue weighted by Crippen LogP contribution is -2.41. The summed E-state index contributed by atoms with van der Waals surface area (Å²) in [6, 6.07) is 13.9. The summed E-state index contributed by atoms with van der Waals surface area (Å²) in [6.07, 6.45) is -0.244. The van der Waals surface area contributed by atoms with Crippen LogP contribution in [0.25, 0.3) is 0 Å². The van der Waals surface area contributed by atoms with Crippen molar-refractivity contribution in [3.05, 3.63) is 65.5 Å². The van der Waals surface area contributed by atoms with E-state index in [4.69, 9.17) is 4.74 Å². The smallest absolute Gasteiger partial charge is 0.253 e. The van der Waals surface area contributed by atoms with E-state index in [-0.39, 0.29) is 23.6 Å². The second-order valence-corrected chi connectivity index (χ2v) is 7.11. The van der Waals surface area contributed by atoms with Crippen LogP contribution in [0.4, 0.5) is 4.39 Å². The molecule has 2 aromatic carbocycles. The molecule has 2 rings (SSSR count). The number of rotatable bonds is 10. The Labute approximate surface area is 184 Å². The van der Waals surface area contributed by atoms with Crippen molar-refractivity contribution >= 4 is 11.9 Å². The van der Waals surface area contributed by atoms with Gasteiger partial charge in [-0.3, -0.25) is 4.79 Å². The summed E-state index contributed by atoms with van der Waals surface area (Å²) in [6.45, 7) is 10.8. The van der Waals surface area contributed by atoms with Crippen molar-refractivity contribution in [1.29, 1.82) is 0 Å². The fourth-order valence-corrected chi connectivity index (χ4v) is 3.00. The Morgan fingerprint density at radius 3 is 2.35 bits per heavy atom. The van der Waals surface area contributed by atoms with Gasteiger partial charge in [-0.15, -0.1) is 0 Å². The molecule has 2 aromatic rings. The van der Waals surface area contributed by atoms with E-state index in [1.54, 1.807) is 23.1 Å². The molecule has 0 spiro atoms.